The largest absolute Gasteiger partial charge is 0.479 e. The number of hydrogen-bond acceptors (Lipinski definition) is 9. The molecule has 0 unspecified atom stereocenters. The summed E-state index contributed by atoms with van der Waals surface area (Å²) in [5.41, 5.74) is 7.29. The van der Waals surface area contributed by atoms with Crippen molar-refractivity contribution in [3.8, 4) is 0 Å². The predicted molar refractivity (Wildman–Crippen MR) is 107 cm³/mol. The molecular weight excluding hydrogens is 412 g/mol. The summed E-state index contributed by atoms with van der Waals surface area (Å²) in [5, 5.41) is 41.8. The van der Waals surface area contributed by atoms with Gasteiger partial charge in [-0.15, -0.1) is 0 Å². The zero-order chi connectivity index (χ0) is 23.3. The number of carboxylic acids is 1. The van der Waals surface area contributed by atoms with E-state index in [4.69, 9.17) is 15.2 Å². The maximum atomic E-state index is 11.9. The van der Waals surface area contributed by atoms with Crippen LogP contribution in [0.25, 0.3) is 0 Å². The van der Waals surface area contributed by atoms with Gasteiger partial charge < -0.3 is 41.0 Å². The first-order valence-corrected chi connectivity index (χ1v) is 9.75. The van der Waals surface area contributed by atoms with Crippen molar-refractivity contribution in [1.29, 1.82) is 0 Å². The SMILES string of the molecule is CC(=O)OCc1ccc(NC(=O)[C@@H](C)N)cc1CC[C@@H]1O[C@H](C(=O)O)[C@@H](O)[C@H](O)[C@H]1O. The Hall–Kier alpha value is -2.57. The van der Waals surface area contributed by atoms with Crippen LogP contribution in [0, 0.1) is 0 Å². The molecule has 0 radical (unpaired) electrons. The number of aliphatic carboxylic acids is 1. The van der Waals surface area contributed by atoms with Crippen LogP contribution in [0.4, 0.5) is 5.69 Å². The number of hydrogen-bond donors (Lipinski definition) is 6. The van der Waals surface area contributed by atoms with Crippen molar-refractivity contribution >= 4 is 23.5 Å². The van der Waals surface area contributed by atoms with Gasteiger partial charge in [0.05, 0.1) is 12.1 Å². The Kier molecular flexibility index (Phi) is 8.48. The third-order valence-electron chi connectivity index (χ3n) is 4.97. The molecule has 0 aliphatic carbocycles. The zero-order valence-corrected chi connectivity index (χ0v) is 17.2. The summed E-state index contributed by atoms with van der Waals surface area (Å²) >= 11 is 0. The topological polar surface area (TPSA) is 189 Å². The molecule has 6 atom stereocenters. The van der Waals surface area contributed by atoms with Crippen LogP contribution < -0.4 is 11.1 Å². The van der Waals surface area contributed by atoms with Crippen molar-refractivity contribution < 1.29 is 44.3 Å². The number of nitrogens with two attached hydrogens (primary N) is 1. The molecule has 1 aliphatic rings. The highest BCUT2D eigenvalue weighted by Crippen LogP contribution is 2.26. The lowest BCUT2D eigenvalue weighted by molar-refractivity contribution is -0.228. The number of carbonyl (C=O) groups is 3. The molecule has 0 bridgehead atoms. The maximum absolute atomic E-state index is 11.9. The quantitative estimate of drug-likeness (QED) is 0.271. The van der Waals surface area contributed by atoms with E-state index in [1.165, 1.54) is 13.8 Å². The molecule has 0 spiro atoms. The number of benzene rings is 1. The van der Waals surface area contributed by atoms with E-state index < -0.39 is 54.4 Å². The fraction of sp³-hybridized carbons (Fsp3) is 0.550. The number of aryl methyl sites for hydroxylation is 1. The van der Waals surface area contributed by atoms with Crippen LogP contribution in [0.1, 0.15) is 31.4 Å². The summed E-state index contributed by atoms with van der Waals surface area (Å²) in [5.74, 6) is -2.33. The average Bonchev–Trinajstić information content (AvgIpc) is 2.70. The Bertz CT molecular complexity index is 814. The molecule has 1 heterocycles. The monoisotopic (exact) mass is 440 g/mol. The molecule has 0 saturated carbocycles. The number of anilines is 1. The van der Waals surface area contributed by atoms with Gasteiger partial charge >= 0.3 is 11.9 Å². The molecule has 11 heteroatoms. The average molecular weight is 440 g/mol. The lowest BCUT2D eigenvalue weighted by atomic mass is 9.91. The molecule has 1 aromatic carbocycles. The van der Waals surface area contributed by atoms with Crippen LogP contribution >= 0.6 is 0 Å². The Labute approximate surface area is 178 Å². The van der Waals surface area contributed by atoms with Crippen molar-refractivity contribution in [3.05, 3.63) is 29.3 Å². The normalized spacial score (nSPS) is 26.7. The number of carbonyl (C=O) groups excluding carboxylic acids is 2. The Morgan fingerprint density at radius 2 is 1.84 bits per heavy atom. The van der Waals surface area contributed by atoms with E-state index in [2.05, 4.69) is 5.32 Å². The van der Waals surface area contributed by atoms with E-state index >= 15 is 0 Å². The highest BCUT2D eigenvalue weighted by atomic mass is 16.6. The number of aliphatic hydroxyl groups excluding tert-OH is 3. The van der Waals surface area contributed by atoms with Gasteiger partial charge in [-0.3, -0.25) is 9.59 Å². The zero-order valence-electron chi connectivity index (χ0n) is 17.2. The minimum absolute atomic E-state index is 0.0284. The van der Waals surface area contributed by atoms with E-state index in [0.29, 0.717) is 16.8 Å². The maximum Gasteiger partial charge on any atom is 0.335 e. The van der Waals surface area contributed by atoms with Crippen molar-refractivity contribution in [2.45, 2.75) is 69.9 Å². The molecule has 1 amide bonds. The molecule has 1 aromatic rings. The van der Waals surface area contributed by atoms with E-state index in [1.54, 1.807) is 18.2 Å². The number of nitrogens with one attached hydrogen (secondary N) is 1. The molecule has 2 rings (SSSR count). The molecule has 31 heavy (non-hydrogen) atoms. The Morgan fingerprint density at radius 3 is 2.42 bits per heavy atom. The number of aliphatic hydroxyl groups is 3. The van der Waals surface area contributed by atoms with E-state index in [0.717, 1.165) is 0 Å². The highest BCUT2D eigenvalue weighted by Gasteiger charge is 2.46. The first-order valence-electron chi connectivity index (χ1n) is 9.75. The third-order valence-corrected chi connectivity index (χ3v) is 4.97. The van der Waals surface area contributed by atoms with Crippen molar-refractivity contribution in [1.82, 2.24) is 0 Å². The van der Waals surface area contributed by atoms with E-state index in [-0.39, 0.29) is 19.4 Å². The number of amides is 1. The lowest BCUT2D eigenvalue weighted by Gasteiger charge is -2.39. The van der Waals surface area contributed by atoms with Crippen LogP contribution in [0.3, 0.4) is 0 Å². The fourth-order valence-corrected chi connectivity index (χ4v) is 3.20. The van der Waals surface area contributed by atoms with Gasteiger partial charge in [0.2, 0.25) is 5.91 Å². The lowest BCUT2D eigenvalue weighted by Crippen LogP contribution is -2.59. The molecule has 1 saturated heterocycles. The van der Waals surface area contributed by atoms with Gasteiger partial charge in [0, 0.05) is 12.6 Å². The summed E-state index contributed by atoms with van der Waals surface area (Å²) in [6.45, 7) is 2.77. The highest BCUT2D eigenvalue weighted by molar-refractivity contribution is 5.94. The predicted octanol–water partition coefficient (Wildman–Crippen LogP) is -1.10. The van der Waals surface area contributed by atoms with Crippen molar-refractivity contribution in [2.75, 3.05) is 5.32 Å². The Morgan fingerprint density at radius 1 is 1.16 bits per heavy atom. The van der Waals surface area contributed by atoms with Gasteiger partial charge in [-0.2, -0.15) is 0 Å². The van der Waals surface area contributed by atoms with Crippen molar-refractivity contribution in [2.24, 2.45) is 5.73 Å². The summed E-state index contributed by atoms with van der Waals surface area (Å²) in [7, 11) is 0. The van der Waals surface area contributed by atoms with Gasteiger partial charge in [-0.25, -0.2) is 4.79 Å². The fourth-order valence-electron chi connectivity index (χ4n) is 3.20. The Balaban J connectivity index is 2.20. The van der Waals surface area contributed by atoms with Crippen LogP contribution in [0.2, 0.25) is 0 Å². The van der Waals surface area contributed by atoms with Crippen molar-refractivity contribution in [3.63, 3.8) is 0 Å². The number of ether oxygens (including phenoxy) is 2. The standard InChI is InChI=1S/C20H28N2O9/c1-9(21)19(27)22-13-5-3-12(8-30-10(2)23)11(7-13)4-6-14-15(24)16(25)17(26)18(31-14)20(28)29/h3,5,7,9,14-18,24-26H,4,6,8,21H2,1-2H3,(H,22,27)(H,28,29)/t9-,14+,15+,16-,17+,18+/m1/s1. The summed E-state index contributed by atoms with van der Waals surface area (Å²) in [6, 6.07) is 4.20. The second kappa shape index (κ2) is 10.6. The molecular formula is C20H28N2O9. The first kappa shape index (κ1) is 24.7. The van der Waals surface area contributed by atoms with E-state index in [1.807, 2.05) is 0 Å². The minimum atomic E-state index is -1.76. The van der Waals surface area contributed by atoms with Gasteiger partial charge in [0.25, 0.3) is 0 Å². The van der Waals surface area contributed by atoms with Crippen LogP contribution in [-0.2, 0) is 36.9 Å². The van der Waals surface area contributed by atoms with Gasteiger partial charge in [0.1, 0.15) is 24.9 Å². The number of carboxylic acid groups (broad SMARTS) is 1. The summed E-state index contributed by atoms with van der Waals surface area (Å²) < 4.78 is 10.3. The van der Waals surface area contributed by atoms with E-state index in [9.17, 15) is 34.8 Å². The number of rotatable bonds is 8. The van der Waals surface area contributed by atoms with Crippen LogP contribution in [0.15, 0.2) is 18.2 Å². The molecule has 1 aliphatic heterocycles. The minimum Gasteiger partial charge on any atom is -0.479 e. The van der Waals surface area contributed by atoms with Crippen LogP contribution in [0.5, 0.6) is 0 Å². The van der Waals surface area contributed by atoms with Gasteiger partial charge in [-0.1, -0.05) is 6.07 Å². The van der Waals surface area contributed by atoms with Crippen LogP contribution in [-0.4, -0.2) is 74.8 Å². The molecule has 172 valence electrons. The second-order valence-electron chi connectivity index (χ2n) is 7.49. The number of esters is 1. The smallest absolute Gasteiger partial charge is 0.335 e. The summed E-state index contributed by atoms with van der Waals surface area (Å²) in [4.78, 5) is 34.3. The third kappa shape index (κ3) is 6.45. The second-order valence-corrected chi connectivity index (χ2v) is 7.49. The molecule has 0 aromatic heterocycles. The molecule has 7 N–H and O–H groups in total. The first-order chi connectivity index (χ1) is 14.5. The van der Waals surface area contributed by atoms with Gasteiger partial charge in [0.15, 0.2) is 6.10 Å². The molecule has 11 nitrogen and oxygen atoms in total. The van der Waals surface area contributed by atoms with Gasteiger partial charge in [-0.05, 0) is 43.0 Å². The summed E-state index contributed by atoms with van der Waals surface area (Å²) in [6.07, 6.45) is -7.37. The molecule has 1 fully saturated rings.